The predicted octanol–water partition coefficient (Wildman–Crippen LogP) is 4.50. The van der Waals surface area contributed by atoms with Crippen LogP contribution in [0.3, 0.4) is 0 Å². The fraction of sp³-hybridized carbons (Fsp3) is 1.00. The van der Waals surface area contributed by atoms with Gasteiger partial charge in [0.15, 0.2) is 0 Å². The van der Waals surface area contributed by atoms with Gasteiger partial charge in [0.05, 0.1) is 0 Å². The normalized spacial score (nSPS) is 39.7. The van der Waals surface area contributed by atoms with Crippen LogP contribution in [0.5, 0.6) is 0 Å². The highest BCUT2D eigenvalue weighted by Crippen LogP contribution is 2.41. The summed E-state index contributed by atoms with van der Waals surface area (Å²) in [6.45, 7) is 5.65. The van der Waals surface area contributed by atoms with Gasteiger partial charge in [-0.3, -0.25) is 0 Å². The molecule has 0 aliphatic carbocycles. The van der Waals surface area contributed by atoms with Crippen molar-refractivity contribution in [2.75, 3.05) is 0 Å². The Kier molecular flexibility index (Phi) is 2.15. The van der Waals surface area contributed by atoms with Gasteiger partial charge in [-0.1, -0.05) is 41.5 Å². The quantitative estimate of drug-likeness (QED) is 0.675. The van der Waals surface area contributed by atoms with E-state index in [9.17, 15) is 0 Å². The third-order valence-electron chi connectivity index (χ3n) is 2.84. The van der Waals surface area contributed by atoms with Crippen LogP contribution < -0.4 is 0 Å². The van der Waals surface area contributed by atoms with E-state index in [1.165, 1.54) is 0 Å². The number of rotatable bonds is 6. The molecule has 18 heavy (non-hydrogen) atoms. The number of hydrogen-bond acceptors (Lipinski definition) is 3. The van der Waals surface area contributed by atoms with Gasteiger partial charge in [0, 0.05) is 16.4 Å². The Morgan fingerprint density at radius 3 is 0.833 bits per heavy atom. The fourth-order valence-corrected chi connectivity index (χ4v) is 13.8. The van der Waals surface area contributed by atoms with E-state index < -0.39 is 61.7 Å². The highest BCUT2D eigenvalue weighted by Gasteiger charge is 2.58. The molecule has 0 aromatic carbocycles. The van der Waals surface area contributed by atoms with Crippen molar-refractivity contribution in [1.29, 1.82) is 0 Å². The van der Waals surface area contributed by atoms with Gasteiger partial charge in [-0.15, -0.1) is 0 Å². The Morgan fingerprint density at radius 1 is 0.556 bits per heavy atom. The second-order valence-corrected chi connectivity index (χ2v) is 12.8. The minimum absolute atomic E-state index is 0.942. The van der Waals surface area contributed by atoms with Crippen molar-refractivity contribution in [3.8, 4) is 0 Å². The maximum absolute atomic E-state index is 8.34. The van der Waals surface area contributed by atoms with E-state index in [0.29, 0.717) is 0 Å². The maximum atomic E-state index is 8.34. The second kappa shape index (κ2) is 6.32. The summed E-state index contributed by atoms with van der Waals surface area (Å²) in [6.07, 6.45) is 0. The lowest BCUT2D eigenvalue weighted by Crippen LogP contribution is -2.69. The molecule has 3 nitrogen and oxygen atoms in total. The molecule has 0 bridgehead atoms. The van der Waals surface area contributed by atoms with Crippen LogP contribution in [0, 0.1) is 0 Å². The third-order valence-corrected chi connectivity index (χ3v) is 13.7. The van der Waals surface area contributed by atoms with E-state index in [4.69, 9.17) is 28.8 Å². The molecular formula is C12H30O3Si3. The molecule has 1 aliphatic rings. The Morgan fingerprint density at radius 2 is 0.722 bits per heavy atom. The van der Waals surface area contributed by atoms with Crippen LogP contribution in [0.2, 0.25) is 36.0 Å². The molecule has 1 heterocycles. The van der Waals surface area contributed by atoms with Crippen molar-refractivity contribution in [1.82, 2.24) is 0 Å². The third kappa shape index (κ3) is 2.99. The molecule has 0 aromatic rings. The van der Waals surface area contributed by atoms with Crippen LogP contribution in [-0.2, 0) is 12.3 Å². The fourth-order valence-electron chi connectivity index (χ4n) is 1.66. The molecule has 0 radical (unpaired) electrons. The first-order valence-electron chi connectivity index (χ1n) is 11.7. The minimum atomic E-state index is -5.09. The lowest BCUT2D eigenvalue weighted by atomic mass is 10.9. The van der Waals surface area contributed by atoms with Gasteiger partial charge in [0.2, 0.25) is 0 Å². The van der Waals surface area contributed by atoms with Gasteiger partial charge in [-0.25, -0.2) is 0 Å². The Labute approximate surface area is 133 Å². The largest absolute Gasteiger partial charge is 0.415 e. The summed E-state index contributed by atoms with van der Waals surface area (Å²) in [7, 11) is -15.3. The molecule has 0 N–H and O–H groups in total. The van der Waals surface area contributed by atoms with Gasteiger partial charge >= 0.3 is 25.7 Å². The first-order chi connectivity index (χ1) is 12.6. The van der Waals surface area contributed by atoms with Crippen molar-refractivity contribution in [2.24, 2.45) is 0 Å². The lowest BCUT2D eigenvalue weighted by molar-refractivity contribution is 0.212. The van der Waals surface area contributed by atoms with E-state index >= 15 is 0 Å². The van der Waals surface area contributed by atoms with Crippen LogP contribution in [0.1, 0.15) is 58.0 Å². The molecule has 0 amide bonds. The summed E-state index contributed by atoms with van der Waals surface area (Å²) in [5.41, 5.74) is 0. The molecule has 0 unspecified atom stereocenters. The highest BCUT2D eigenvalue weighted by molar-refractivity contribution is 6.94. The Hall–Kier alpha value is 0.531. The summed E-state index contributed by atoms with van der Waals surface area (Å²) in [4.78, 5) is 0. The molecule has 6 heteroatoms. The van der Waals surface area contributed by atoms with E-state index in [2.05, 4.69) is 0 Å². The standard InChI is InChI=1S/C12H30O3Si3/c1-7-16(8-2)13-17(9-3,10-4)15-18(11-5,12-6)14-16/h7-12H2,1-6H3/i7D2,8D2,9D2,10D2,11D2,12D2. The van der Waals surface area contributed by atoms with Gasteiger partial charge in [-0.2, -0.15) is 0 Å². The van der Waals surface area contributed by atoms with Crippen LogP contribution >= 0.6 is 0 Å². The van der Waals surface area contributed by atoms with E-state index in [0.717, 1.165) is 41.5 Å². The van der Waals surface area contributed by atoms with Crippen molar-refractivity contribution in [2.45, 2.75) is 77.5 Å². The van der Waals surface area contributed by atoms with Crippen LogP contribution in [0.4, 0.5) is 0 Å². The summed E-state index contributed by atoms with van der Waals surface area (Å²) in [5.74, 6) is -15.8. The average Bonchev–Trinajstić information content (AvgIpc) is 2.39. The Bertz CT molecular complexity index is 509. The molecule has 1 saturated heterocycles. The predicted molar refractivity (Wildman–Crippen MR) is 83.4 cm³/mol. The Balaban J connectivity index is 4.28. The van der Waals surface area contributed by atoms with Crippen molar-refractivity contribution >= 4 is 25.7 Å². The molecule has 1 fully saturated rings. The van der Waals surface area contributed by atoms with Crippen LogP contribution in [0.25, 0.3) is 0 Å². The summed E-state index contributed by atoms with van der Waals surface area (Å²) in [5, 5.41) is 0. The first kappa shape index (κ1) is 6.11. The molecule has 0 atom stereocenters. The van der Waals surface area contributed by atoms with Crippen LogP contribution in [0.15, 0.2) is 0 Å². The zero-order valence-corrected chi connectivity index (χ0v) is 14.7. The average molecular weight is 319 g/mol. The summed E-state index contributed by atoms with van der Waals surface area (Å²) in [6, 6.07) is 0. The lowest BCUT2D eigenvalue weighted by Gasteiger charge is -2.52. The summed E-state index contributed by atoms with van der Waals surface area (Å²) < 4.78 is 117. The van der Waals surface area contributed by atoms with Gasteiger partial charge in [0.25, 0.3) is 0 Å². The van der Waals surface area contributed by atoms with Gasteiger partial charge in [-0.05, 0) is 36.0 Å². The van der Waals surface area contributed by atoms with Crippen molar-refractivity contribution in [3.05, 3.63) is 0 Å². The van der Waals surface area contributed by atoms with Gasteiger partial charge in [0.1, 0.15) is 0 Å². The molecule has 1 rings (SSSR count). The molecule has 0 spiro atoms. The molecule has 0 aromatic heterocycles. The van der Waals surface area contributed by atoms with Crippen molar-refractivity contribution < 1.29 is 28.8 Å². The molecule has 1 aliphatic heterocycles. The smallest absolute Gasteiger partial charge is 0.320 e. The van der Waals surface area contributed by atoms with E-state index in [1.54, 1.807) is 0 Å². The van der Waals surface area contributed by atoms with Crippen LogP contribution in [-0.4, -0.2) is 25.7 Å². The van der Waals surface area contributed by atoms with Crippen molar-refractivity contribution in [3.63, 3.8) is 0 Å². The monoisotopic (exact) mass is 318 g/mol. The minimum Gasteiger partial charge on any atom is -0.415 e. The first-order valence-corrected chi connectivity index (χ1v) is 11.2. The highest BCUT2D eigenvalue weighted by atomic mass is 28.5. The molecule has 0 saturated carbocycles. The van der Waals surface area contributed by atoms with Gasteiger partial charge < -0.3 is 12.3 Å². The zero-order chi connectivity index (χ0) is 24.6. The van der Waals surface area contributed by atoms with E-state index in [-0.39, 0.29) is 0 Å². The van der Waals surface area contributed by atoms with E-state index in [1.807, 2.05) is 0 Å². The molecular weight excluding hydrogens is 276 g/mol. The maximum Gasteiger partial charge on any atom is 0.320 e. The SMILES string of the molecule is [2H]C([2H])(C)[Si]1(C([2H])([2H])C)O[Si](C([2H])([2H])C)(C([2H])([2H])C)O[Si](C([2H])([2H])C)(C([2H])([2H])C)O1. The number of hydrogen-bond donors (Lipinski definition) is 0. The molecule has 108 valence electrons. The second-order valence-electron chi connectivity index (χ2n) is 3.66. The topological polar surface area (TPSA) is 27.7 Å². The zero-order valence-electron chi connectivity index (χ0n) is 23.7. The summed E-state index contributed by atoms with van der Waals surface area (Å²) >= 11 is 0.